The Kier molecular flexibility index (Phi) is 5.15. The molecule has 25 heavy (non-hydrogen) atoms. The summed E-state index contributed by atoms with van der Waals surface area (Å²) in [6, 6.07) is 11.7. The van der Waals surface area contributed by atoms with Gasteiger partial charge in [0.05, 0.1) is 10.0 Å². The van der Waals surface area contributed by atoms with Crippen molar-refractivity contribution >= 4 is 44.5 Å². The maximum Gasteiger partial charge on any atom is 0.255 e. The van der Waals surface area contributed by atoms with E-state index in [4.69, 9.17) is 5.73 Å². The minimum atomic E-state index is -0.405. The van der Waals surface area contributed by atoms with Crippen molar-refractivity contribution in [2.45, 2.75) is 18.9 Å². The van der Waals surface area contributed by atoms with Crippen LogP contribution in [0.5, 0.6) is 0 Å². The lowest BCUT2D eigenvalue weighted by molar-refractivity contribution is 0.102. The summed E-state index contributed by atoms with van der Waals surface area (Å²) in [5.74, 6) is 0.203. The van der Waals surface area contributed by atoms with Crippen molar-refractivity contribution in [3.63, 3.8) is 0 Å². The maximum absolute atomic E-state index is 13.3. The van der Waals surface area contributed by atoms with Gasteiger partial charge in [0.15, 0.2) is 5.17 Å². The predicted molar refractivity (Wildman–Crippen MR) is 105 cm³/mol. The van der Waals surface area contributed by atoms with Crippen LogP contribution in [0.3, 0.4) is 0 Å². The number of amidine groups is 1. The van der Waals surface area contributed by atoms with Crippen molar-refractivity contribution in [1.29, 1.82) is 0 Å². The highest BCUT2D eigenvalue weighted by molar-refractivity contribution is 9.10. The summed E-state index contributed by atoms with van der Waals surface area (Å²) in [6.45, 7) is 2.04. The molecule has 1 aliphatic rings. The number of carbonyl (C=O) groups is 1. The van der Waals surface area contributed by atoms with E-state index in [9.17, 15) is 9.18 Å². The zero-order valence-corrected chi connectivity index (χ0v) is 16.0. The normalized spacial score (nSPS) is 20.0. The van der Waals surface area contributed by atoms with Crippen LogP contribution in [0.1, 0.15) is 29.3 Å². The van der Waals surface area contributed by atoms with Gasteiger partial charge in [0.2, 0.25) is 0 Å². The smallest absolute Gasteiger partial charge is 0.255 e. The number of benzene rings is 2. The molecule has 3 N–H and O–H groups in total. The number of aliphatic imine (C=N–C) groups is 1. The number of thioether (sulfide) groups is 1. The fourth-order valence-corrected chi connectivity index (χ4v) is 4.02. The maximum atomic E-state index is 13.3. The zero-order valence-electron chi connectivity index (χ0n) is 13.6. The second-order valence-corrected chi connectivity index (χ2v) is 7.96. The summed E-state index contributed by atoms with van der Waals surface area (Å²) < 4.78 is 13.6. The van der Waals surface area contributed by atoms with Gasteiger partial charge in [0.1, 0.15) is 5.82 Å². The van der Waals surface area contributed by atoms with Crippen LogP contribution in [0, 0.1) is 5.82 Å². The summed E-state index contributed by atoms with van der Waals surface area (Å²) in [4.78, 5) is 17.0. The van der Waals surface area contributed by atoms with Gasteiger partial charge in [-0.2, -0.15) is 0 Å². The standard InChI is InChI=1S/C18H17BrFN3OS/c1-18(7-8-25-17(21)23-18)12-3-2-4-13(10-12)22-16(24)11-5-6-15(20)14(19)9-11/h2-6,9-10H,7-8H2,1H3,(H2,21,23)(H,22,24). The lowest BCUT2D eigenvalue weighted by atomic mass is 9.89. The summed E-state index contributed by atoms with van der Waals surface area (Å²) >= 11 is 4.65. The molecule has 0 spiro atoms. The average Bonchev–Trinajstić information content (AvgIpc) is 2.57. The summed E-state index contributed by atoms with van der Waals surface area (Å²) in [5, 5.41) is 3.43. The molecule has 0 aromatic heterocycles. The number of nitrogens with zero attached hydrogens (tertiary/aromatic N) is 1. The number of hydrogen-bond donors (Lipinski definition) is 2. The Morgan fingerprint density at radius 2 is 2.16 bits per heavy atom. The van der Waals surface area contributed by atoms with E-state index in [1.807, 2.05) is 31.2 Å². The zero-order chi connectivity index (χ0) is 18.0. The SMILES string of the molecule is CC1(c2cccc(NC(=O)c3ccc(F)c(Br)c3)c2)CCSC(N)=N1. The van der Waals surface area contributed by atoms with Crippen LogP contribution >= 0.6 is 27.7 Å². The number of nitrogens with two attached hydrogens (primary N) is 1. The Bertz CT molecular complexity index is 858. The second kappa shape index (κ2) is 7.17. The van der Waals surface area contributed by atoms with Crippen LogP contribution in [0.25, 0.3) is 0 Å². The Labute approximate surface area is 158 Å². The summed E-state index contributed by atoms with van der Waals surface area (Å²) in [6.07, 6.45) is 0.876. The third-order valence-electron chi connectivity index (χ3n) is 4.12. The van der Waals surface area contributed by atoms with Crippen LogP contribution in [0.2, 0.25) is 0 Å². The first-order valence-electron chi connectivity index (χ1n) is 7.72. The molecule has 0 saturated carbocycles. The quantitative estimate of drug-likeness (QED) is 0.765. The molecule has 1 heterocycles. The minimum Gasteiger partial charge on any atom is -0.379 e. The van der Waals surface area contributed by atoms with E-state index in [2.05, 4.69) is 26.2 Å². The molecule has 0 saturated heterocycles. The van der Waals surface area contributed by atoms with Gasteiger partial charge in [-0.15, -0.1) is 0 Å². The van der Waals surface area contributed by atoms with E-state index in [0.717, 1.165) is 17.7 Å². The van der Waals surface area contributed by atoms with Crippen LogP contribution < -0.4 is 11.1 Å². The molecule has 0 radical (unpaired) electrons. The van der Waals surface area contributed by atoms with E-state index in [-0.39, 0.29) is 10.4 Å². The van der Waals surface area contributed by atoms with Crippen LogP contribution in [-0.4, -0.2) is 16.8 Å². The first kappa shape index (κ1) is 17.9. The molecule has 1 atom stereocenters. The molecule has 1 aliphatic heterocycles. The highest BCUT2D eigenvalue weighted by atomic mass is 79.9. The summed E-state index contributed by atoms with van der Waals surface area (Å²) in [7, 11) is 0. The first-order chi connectivity index (χ1) is 11.9. The minimum absolute atomic E-state index is 0.255. The van der Waals surface area contributed by atoms with E-state index in [0.29, 0.717) is 16.4 Å². The van der Waals surface area contributed by atoms with E-state index < -0.39 is 11.4 Å². The first-order valence-corrected chi connectivity index (χ1v) is 9.50. The van der Waals surface area contributed by atoms with Crippen molar-refractivity contribution < 1.29 is 9.18 Å². The lowest BCUT2D eigenvalue weighted by Crippen LogP contribution is -2.28. The van der Waals surface area contributed by atoms with Gasteiger partial charge in [-0.05, 0) is 65.2 Å². The number of amides is 1. The van der Waals surface area contributed by atoms with Crippen molar-refractivity contribution in [2.75, 3.05) is 11.1 Å². The Hall–Kier alpha value is -1.86. The number of halogens is 2. The second-order valence-electron chi connectivity index (χ2n) is 5.99. The predicted octanol–water partition coefficient (Wildman–Crippen LogP) is 4.51. The fourth-order valence-electron chi connectivity index (χ4n) is 2.67. The van der Waals surface area contributed by atoms with Gasteiger partial charge in [0, 0.05) is 17.0 Å². The molecular formula is C18H17BrFN3OS. The van der Waals surface area contributed by atoms with Crippen LogP contribution in [0.4, 0.5) is 10.1 Å². The molecule has 130 valence electrons. The molecule has 7 heteroatoms. The molecule has 4 nitrogen and oxygen atoms in total. The molecule has 2 aromatic rings. The van der Waals surface area contributed by atoms with Gasteiger partial charge in [-0.3, -0.25) is 9.79 Å². The Balaban J connectivity index is 1.83. The van der Waals surface area contributed by atoms with E-state index in [1.165, 1.54) is 18.2 Å². The fraction of sp³-hybridized carbons (Fsp3) is 0.222. The topological polar surface area (TPSA) is 67.5 Å². The molecule has 2 aromatic carbocycles. The van der Waals surface area contributed by atoms with Gasteiger partial charge in [0.25, 0.3) is 5.91 Å². The monoisotopic (exact) mass is 421 g/mol. The van der Waals surface area contributed by atoms with Gasteiger partial charge < -0.3 is 11.1 Å². The molecule has 3 rings (SSSR count). The number of anilines is 1. The van der Waals surface area contributed by atoms with Crippen molar-refractivity contribution in [1.82, 2.24) is 0 Å². The van der Waals surface area contributed by atoms with Crippen LogP contribution in [-0.2, 0) is 5.54 Å². The number of nitrogens with one attached hydrogen (secondary N) is 1. The van der Waals surface area contributed by atoms with E-state index in [1.54, 1.807) is 11.8 Å². The molecular weight excluding hydrogens is 405 g/mol. The molecule has 0 fully saturated rings. The number of carbonyl (C=O) groups excluding carboxylic acids is 1. The third kappa shape index (κ3) is 4.04. The third-order valence-corrected chi connectivity index (χ3v) is 5.52. The molecule has 0 bridgehead atoms. The highest BCUT2D eigenvalue weighted by Crippen LogP contribution is 2.35. The van der Waals surface area contributed by atoms with E-state index >= 15 is 0 Å². The Morgan fingerprint density at radius 3 is 2.88 bits per heavy atom. The van der Waals surface area contributed by atoms with Crippen molar-refractivity contribution in [2.24, 2.45) is 10.7 Å². The van der Waals surface area contributed by atoms with Crippen molar-refractivity contribution in [3.8, 4) is 0 Å². The summed E-state index contributed by atoms with van der Waals surface area (Å²) in [5.41, 5.74) is 7.52. The largest absolute Gasteiger partial charge is 0.379 e. The molecule has 1 amide bonds. The highest BCUT2D eigenvalue weighted by Gasteiger charge is 2.29. The van der Waals surface area contributed by atoms with Gasteiger partial charge >= 0.3 is 0 Å². The van der Waals surface area contributed by atoms with Crippen LogP contribution in [0.15, 0.2) is 51.9 Å². The number of rotatable bonds is 3. The lowest BCUT2D eigenvalue weighted by Gasteiger charge is -2.30. The Morgan fingerprint density at radius 1 is 1.36 bits per heavy atom. The number of hydrogen-bond acceptors (Lipinski definition) is 4. The van der Waals surface area contributed by atoms with Gasteiger partial charge in [-0.25, -0.2) is 4.39 Å². The van der Waals surface area contributed by atoms with Crippen molar-refractivity contribution in [3.05, 3.63) is 63.9 Å². The molecule has 1 unspecified atom stereocenters. The van der Waals surface area contributed by atoms with Gasteiger partial charge in [-0.1, -0.05) is 23.9 Å². The average molecular weight is 422 g/mol. The molecule has 0 aliphatic carbocycles.